The van der Waals surface area contributed by atoms with Crippen molar-refractivity contribution in [3.05, 3.63) is 0 Å². The van der Waals surface area contributed by atoms with E-state index in [-0.39, 0.29) is 15.2 Å². The molecule has 0 aromatic heterocycles. The predicted molar refractivity (Wildman–Crippen MR) is 30.6 cm³/mol. The summed E-state index contributed by atoms with van der Waals surface area (Å²) < 4.78 is 4.45. The van der Waals surface area contributed by atoms with Crippen LogP contribution in [0, 0.1) is 0 Å². The van der Waals surface area contributed by atoms with Gasteiger partial charge in [-0.05, 0) is 6.92 Å². The fraction of sp³-hybridized carbons (Fsp3) is 0.750. The van der Waals surface area contributed by atoms with Gasteiger partial charge < -0.3 is 4.74 Å². The Morgan fingerprint density at radius 2 is 2.43 bits per heavy atom. The van der Waals surface area contributed by atoms with Gasteiger partial charge in [0.05, 0.1) is 15.2 Å². The first-order valence-corrected chi connectivity index (χ1v) is 4.57. The molecule has 0 aliphatic rings. The molecule has 1 radical (unpaired) electrons. The second-order valence-electron chi connectivity index (χ2n) is 1.42. The Labute approximate surface area is 45.7 Å². The maximum absolute atomic E-state index is 9.45. The summed E-state index contributed by atoms with van der Waals surface area (Å²) in [7, 11) is -0.157. The smallest absolute Gasteiger partial charge is 0.417 e. The van der Waals surface area contributed by atoms with Crippen LogP contribution in [0.25, 0.3) is 0 Å². The van der Waals surface area contributed by atoms with Gasteiger partial charge in [0.15, 0.2) is 0 Å². The van der Waals surface area contributed by atoms with Crippen LogP contribution in [0.3, 0.4) is 0 Å². The molecule has 0 bridgehead atoms. The van der Waals surface area contributed by atoms with Crippen molar-refractivity contribution in [1.29, 1.82) is 0 Å². The van der Waals surface area contributed by atoms with E-state index in [9.17, 15) is 4.79 Å². The molecule has 0 amide bonds. The lowest BCUT2D eigenvalue weighted by Crippen LogP contribution is -2.12. The quantitative estimate of drug-likeness (QED) is 0.472. The average Bonchev–Trinajstić information content (AvgIpc) is 1.68. The third-order valence-corrected chi connectivity index (χ3v) is 2.14. The van der Waals surface area contributed by atoms with Crippen LogP contribution < -0.4 is 0 Å². The van der Waals surface area contributed by atoms with Gasteiger partial charge in [-0.1, -0.05) is 6.55 Å². The highest BCUT2D eigenvalue weighted by molar-refractivity contribution is 6.35. The fourth-order valence-corrected chi connectivity index (χ4v) is 0.400. The summed E-state index contributed by atoms with van der Waals surface area (Å²) in [4.78, 5) is 9.45. The summed E-state index contributed by atoms with van der Waals surface area (Å²) in [6.07, 6.45) is 0. The maximum atomic E-state index is 9.45. The van der Waals surface area contributed by atoms with E-state index >= 15 is 0 Å². The van der Waals surface area contributed by atoms with Gasteiger partial charge in [-0.3, -0.25) is 0 Å². The van der Waals surface area contributed by atoms with Crippen molar-refractivity contribution >= 4 is 16.0 Å². The first-order chi connectivity index (χ1) is 3.31. The molecule has 1 atom stereocenters. The molecule has 7 heavy (non-hydrogen) atoms. The molecular formula is C4H9O2Si. The van der Waals surface area contributed by atoms with Gasteiger partial charge in [0.2, 0.25) is 0 Å². The third kappa shape index (κ3) is 3.52. The topological polar surface area (TPSA) is 26.3 Å². The van der Waals surface area contributed by atoms with E-state index in [0.717, 1.165) is 0 Å². The van der Waals surface area contributed by atoms with E-state index in [1.54, 1.807) is 0 Å². The molecule has 41 valence electrons. The van der Waals surface area contributed by atoms with Crippen LogP contribution in [0.4, 0.5) is 0 Å². The van der Waals surface area contributed by atoms with E-state index in [2.05, 4.69) is 11.3 Å². The normalized spacial score (nSPS) is 14.6. The Hall–Kier alpha value is -0.313. The number of ether oxygens (including phenoxy) is 1. The summed E-state index contributed by atoms with van der Waals surface area (Å²) in [6, 6.07) is 0. The van der Waals surface area contributed by atoms with Crippen molar-refractivity contribution in [2.75, 3.05) is 0 Å². The first kappa shape index (κ1) is 6.69. The summed E-state index contributed by atoms with van der Waals surface area (Å²) >= 11 is 0. The zero-order chi connectivity index (χ0) is 5.70. The van der Waals surface area contributed by atoms with Crippen LogP contribution in [-0.2, 0) is 9.53 Å². The molecule has 1 unspecified atom stereocenters. The number of hydrogen-bond acceptors (Lipinski definition) is 2. The summed E-state index contributed by atoms with van der Waals surface area (Å²) in [5, 5.41) is 0. The van der Waals surface area contributed by atoms with E-state index in [1.807, 2.05) is 6.92 Å². The lowest BCUT2D eigenvalue weighted by Gasteiger charge is -2.00. The molecule has 0 aliphatic carbocycles. The zero-order valence-electron chi connectivity index (χ0n) is 4.60. The van der Waals surface area contributed by atoms with E-state index in [1.165, 1.54) is 6.47 Å². The number of carbonyl (C=O) groups excluding carboxylic acids is 1. The Balaban J connectivity index is 2.98. The highest BCUT2D eigenvalue weighted by atomic mass is 28.2. The molecule has 0 aromatic carbocycles. The molecule has 0 rings (SSSR count). The second kappa shape index (κ2) is 3.86. The summed E-state index contributed by atoms with van der Waals surface area (Å²) in [6.45, 7) is 5.37. The molecule has 3 heteroatoms. The average molecular weight is 117 g/mol. The molecule has 2 nitrogen and oxygen atoms in total. The van der Waals surface area contributed by atoms with Crippen LogP contribution in [0.2, 0.25) is 6.55 Å². The summed E-state index contributed by atoms with van der Waals surface area (Å²) in [5.41, 5.74) is 0.164. The highest BCUT2D eigenvalue weighted by Crippen LogP contribution is 1.80. The molecule has 0 heterocycles. The third-order valence-electron chi connectivity index (χ3n) is 0.824. The lowest BCUT2D eigenvalue weighted by atomic mass is 10.9. The standard InChI is InChI=1S/C4H9O2Si/c1-4(7-2)6-3-5/h4H,7H2,1-2H3. The molecule has 0 spiro atoms. The van der Waals surface area contributed by atoms with Crippen molar-refractivity contribution in [2.45, 2.75) is 19.2 Å². The minimum atomic E-state index is -0.157. The van der Waals surface area contributed by atoms with Crippen LogP contribution in [0.5, 0.6) is 0 Å². The van der Waals surface area contributed by atoms with Crippen LogP contribution in [0.15, 0.2) is 0 Å². The van der Waals surface area contributed by atoms with Crippen LogP contribution in [-0.4, -0.2) is 21.7 Å². The predicted octanol–water partition coefficient (Wildman–Crippen LogP) is -0.367. The van der Waals surface area contributed by atoms with Crippen molar-refractivity contribution in [1.82, 2.24) is 0 Å². The van der Waals surface area contributed by atoms with E-state index in [0.29, 0.717) is 0 Å². The SMILES string of the molecule is C[SiH2]C(C)O[C]=O. The molecular weight excluding hydrogens is 108 g/mol. The van der Waals surface area contributed by atoms with E-state index < -0.39 is 0 Å². The van der Waals surface area contributed by atoms with Gasteiger partial charge in [-0.15, -0.1) is 0 Å². The molecule has 0 aromatic rings. The van der Waals surface area contributed by atoms with Crippen LogP contribution >= 0.6 is 0 Å². The van der Waals surface area contributed by atoms with Crippen molar-refractivity contribution in [3.8, 4) is 0 Å². The maximum Gasteiger partial charge on any atom is 0.417 e. The summed E-state index contributed by atoms with van der Waals surface area (Å²) in [5.74, 6) is 0. The minimum absolute atomic E-state index is 0.157. The highest BCUT2D eigenvalue weighted by Gasteiger charge is 1.94. The molecule has 0 N–H and O–H groups in total. The molecule has 0 saturated heterocycles. The Kier molecular flexibility index (Phi) is 3.69. The molecule has 0 fully saturated rings. The first-order valence-electron chi connectivity index (χ1n) is 2.34. The van der Waals surface area contributed by atoms with Gasteiger partial charge in [-0.2, -0.15) is 0 Å². The van der Waals surface area contributed by atoms with Crippen molar-refractivity contribution < 1.29 is 9.53 Å². The van der Waals surface area contributed by atoms with E-state index in [4.69, 9.17) is 0 Å². The van der Waals surface area contributed by atoms with Crippen molar-refractivity contribution in [2.24, 2.45) is 0 Å². The molecule has 0 aliphatic heterocycles. The lowest BCUT2D eigenvalue weighted by molar-refractivity contribution is 0.260. The van der Waals surface area contributed by atoms with Crippen LogP contribution in [0.1, 0.15) is 6.92 Å². The van der Waals surface area contributed by atoms with Gasteiger partial charge in [-0.25, -0.2) is 4.79 Å². The minimum Gasteiger partial charge on any atom is -0.459 e. The zero-order valence-corrected chi connectivity index (χ0v) is 6.02. The number of hydrogen-bond donors (Lipinski definition) is 0. The number of rotatable bonds is 3. The van der Waals surface area contributed by atoms with Gasteiger partial charge in [0.25, 0.3) is 0 Å². The van der Waals surface area contributed by atoms with Gasteiger partial charge in [0, 0.05) is 0 Å². The Morgan fingerprint density at radius 3 is 2.57 bits per heavy atom. The largest absolute Gasteiger partial charge is 0.459 e. The Bertz CT molecular complexity index is 55.7. The molecule has 0 saturated carbocycles. The Morgan fingerprint density at radius 1 is 1.86 bits per heavy atom. The monoisotopic (exact) mass is 117 g/mol. The van der Waals surface area contributed by atoms with Gasteiger partial charge in [0.1, 0.15) is 0 Å². The van der Waals surface area contributed by atoms with Crippen molar-refractivity contribution in [3.63, 3.8) is 0 Å². The fourth-order valence-electron chi connectivity index (χ4n) is 0.165. The second-order valence-corrected chi connectivity index (χ2v) is 3.39. The van der Waals surface area contributed by atoms with Gasteiger partial charge >= 0.3 is 6.47 Å².